The second kappa shape index (κ2) is 8.25. The van der Waals surface area contributed by atoms with Crippen LogP contribution in [0.5, 0.6) is 0 Å². The van der Waals surface area contributed by atoms with Gasteiger partial charge in [0.1, 0.15) is 16.8 Å². The molecule has 1 aliphatic carbocycles. The summed E-state index contributed by atoms with van der Waals surface area (Å²) in [7, 11) is -3.86. The van der Waals surface area contributed by atoms with E-state index in [0.29, 0.717) is 0 Å². The number of rotatable bonds is 6. The van der Waals surface area contributed by atoms with Crippen molar-refractivity contribution in [3.63, 3.8) is 0 Å². The first-order valence-electron chi connectivity index (χ1n) is 9.21. The molecule has 146 valence electrons. The third kappa shape index (κ3) is 4.40. The summed E-state index contributed by atoms with van der Waals surface area (Å²) >= 11 is 0. The minimum atomic E-state index is -3.86. The Morgan fingerprint density at radius 3 is 2.63 bits per heavy atom. The summed E-state index contributed by atoms with van der Waals surface area (Å²) in [5, 5.41) is 1.73. The van der Waals surface area contributed by atoms with E-state index in [0.717, 1.165) is 38.2 Å². The minimum absolute atomic E-state index is 0.00900. The van der Waals surface area contributed by atoms with E-state index in [1.807, 2.05) is 0 Å². The molecule has 0 bridgehead atoms. The van der Waals surface area contributed by atoms with Gasteiger partial charge in [0.25, 0.3) is 0 Å². The Hall–Kier alpha value is -2.15. The number of sulfone groups is 1. The Bertz CT molecular complexity index is 887. The molecular formula is C20H24FNO4S. The van der Waals surface area contributed by atoms with Gasteiger partial charge in [-0.15, -0.1) is 0 Å². The summed E-state index contributed by atoms with van der Waals surface area (Å²) in [5.41, 5.74) is 0.250. The van der Waals surface area contributed by atoms with E-state index in [4.69, 9.17) is 4.42 Å². The van der Waals surface area contributed by atoms with Crippen LogP contribution in [0.25, 0.3) is 0 Å². The zero-order valence-corrected chi connectivity index (χ0v) is 16.1. The second-order valence-electron chi connectivity index (χ2n) is 7.04. The highest BCUT2D eigenvalue weighted by molar-refractivity contribution is 7.91. The quantitative estimate of drug-likeness (QED) is 0.754. The molecule has 1 aromatic heterocycles. The van der Waals surface area contributed by atoms with Gasteiger partial charge >= 0.3 is 0 Å². The average Bonchev–Trinajstić information content (AvgIpc) is 3.18. The predicted octanol–water partition coefficient (Wildman–Crippen LogP) is 3.94. The molecule has 7 heteroatoms. The molecule has 0 unspecified atom stereocenters. The van der Waals surface area contributed by atoms with Crippen LogP contribution in [-0.4, -0.2) is 20.9 Å². The molecule has 27 heavy (non-hydrogen) atoms. The monoisotopic (exact) mass is 393 g/mol. The molecule has 0 saturated heterocycles. The van der Waals surface area contributed by atoms with Crippen LogP contribution in [0.15, 0.2) is 45.9 Å². The highest BCUT2D eigenvalue weighted by Gasteiger charge is 2.33. The fourth-order valence-electron chi connectivity index (χ4n) is 3.50. The van der Waals surface area contributed by atoms with Gasteiger partial charge in [0, 0.05) is 12.5 Å². The number of halogens is 1. The van der Waals surface area contributed by atoms with Crippen molar-refractivity contribution in [3.8, 4) is 0 Å². The lowest BCUT2D eigenvalue weighted by Crippen LogP contribution is -2.36. The Morgan fingerprint density at radius 2 is 2.00 bits per heavy atom. The largest absolute Gasteiger partial charge is 0.468 e. The van der Waals surface area contributed by atoms with Gasteiger partial charge in [-0.05, 0) is 55.7 Å². The minimum Gasteiger partial charge on any atom is -0.468 e. The van der Waals surface area contributed by atoms with Gasteiger partial charge in [-0.2, -0.15) is 0 Å². The van der Waals surface area contributed by atoms with Crippen molar-refractivity contribution in [1.82, 2.24) is 5.32 Å². The van der Waals surface area contributed by atoms with Gasteiger partial charge in [-0.25, -0.2) is 12.8 Å². The highest BCUT2D eigenvalue weighted by Crippen LogP contribution is 2.30. The van der Waals surface area contributed by atoms with E-state index >= 15 is 0 Å². The lowest BCUT2D eigenvalue weighted by molar-refractivity contribution is -0.125. The van der Waals surface area contributed by atoms with Crippen molar-refractivity contribution in [1.29, 1.82) is 0 Å². The van der Waals surface area contributed by atoms with Crippen LogP contribution in [0.3, 0.4) is 0 Å². The highest BCUT2D eigenvalue weighted by atomic mass is 32.2. The molecule has 1 heterocycles. The number of carbonyl (C=O) groups is 1. The van der Waals surface area contributed by atoms with Crippen LogP contribution in [0.2, 0.25) is 0 Å². The number of amides is 1. The van der Waals surface area contributed by atoms with Crippen molar-refractivity contribution in [2.75, 3.05) is 6.54 Å². The van der Waals surface area contributed by atoms with Crippen LogP contribution in [0.4, 0.5) is 4.39 Å². The Balaban J connectivity index is 1.83. The van der Waals surface area contributed by atoms with Crippen molar-refractivity contribution in [2.45, 2.75) is 49.2 Å². The molecule has 5 nitrogen and oxygen atoms in total. The van der Waals surface area contributed by atoms with Gasteiger partial charge < -0.3 is 9.73 Å². The summed E-state index contributed by atoms with van der Waals surface area (Å²) in [6, 6.07) is 6.88. The fourth-order valence-corrected chi connectivity index (χ4v) is 5.17. The van der Waals surface area contributed by atoms with Crippen molar-refractivity contribution < 1.29 is 22.0 Å². The van der Waals surface area contributed by atoms with Gasteiger partial charge in [0.05, 0.1) is 11.2 Å². The van der Waals surface area contributed by atoms with Crippen molar-refractivity contribution in [3.05, 3.63) is 53.7 Å². The fraction of sp³-hybridized carbons (Fsp3) is 0.450. The van der Waals surface area contributed by atoms with E-state index in [2.05, 4.69) is 5.32 Å². The zero-order valence-electron chi connectivity index (χ0n) is 15.3. The summed E-state index contributed by atoms with van der Waals surface area (Å²) in [4.78, 5) is 12.5. The average molecular weight is 393 g/mol. The molecule has 1 saturated carbocycles. The molecule has 0 spiro atoms. The van der Waals surface area contributed by atoms with Gasteiger partial charge in [-0.1, -0.05) is 19.3 Å². The molecule has 1 fully saturated rings. The summed E-state index contributed by atoms with van der Waals surface area (Å²) in [6.07, 6.45) is 6.25. The van der Waals surface area contributed by atoms with E-state index in [-0.39, 0.29) is 34.6 Å². The maximum atomic E-state index is 13.6. The van der Waals surface area contributed by atoms with Gasteiger partial charge in [0.15, 0.2) is 9.84 Å². The molecule has 1 amide bonds. The van der Waals surface area contributed by atoms with E-state index in [1.54, 1.807) is 12.1 Å². The van der Waals surface area contributed by atoms with Crippen LogP contribution >= 0.6 is 0 Å². The molecule has 3 rings (SSSR count). The zero-order chi connectivity index (χ0) is 19.4. The number of hydrogen-bond acceptors (Lipinski definition) is 4. The maximum absolute atomic E-state index is 13.6. The van der Waals surface area contributed by atoms with Crippen LogP contribution in [0, 0.1) is 18.7 Å². The lowest BCUT2D eigenvalue weighted by atomic mass is 9.89. The molecule has 0 radical (unpaired) electrons. The molecule has 1 atom stereocenters. The topological polar surface area (TPSA) is 76.4 Å². The first kappa shape index (κ1) is 19.6. The summed E-state index contributed by atoms with van der Waals surface area (Å²) in [5.74, 6) is -0.390. The molecule has 0 aliphatic heterocycles. The number of carbonyl (C=O) groups excluding carboxylic acids is 1. The van der Waals surface area contributed by atoms with Gasteiger partial charge in [0.2, 0.25) is 5.91 Å². The Labute approximate surface area is 158 Å². The number of aryl methyl sites for hydroxylation is 1. The molecule has 2 aromatic rings. The first-order chi connectivity index (χ1) is 12.9. The Morgan fingerprint density at radius 1 is 1.26 bits per heavy atom. The second-order valence-corrected chi connectivity index (χ2v) is 9.17. The van der Waals surface area contributed by atoms with Gasteiger partial charge in [-0.3, -0.25) is 4.79 Å². The van der Waals surface area contributed by atoms with E-state index in [9.17, 15) is 17.6 Å². The summed E-state index contributed by atoms with van der Waals surface area (Å²) in [6.45, 7) is 1.43. The standard InChI is InChI=1S/C20H24FNO4S/c1-14-12-16(9-10-17(14)21)27(24,25)19(18-8-5-11-26-18)13-22-20(23)15-6-3-2-4-7-15/h5,8-12,15,19H,2-4,6-7,13H2,1H3,(H,22,23)/t19-/m1/s1. The SMILES string of the molecule is Cc1cc(S(=O)(=O)[C@H](CNC(=O)C2CCCCC2)c2ccco2)ccc1F. The van der Waals surface area contributed by atoms with E-state index < -0.39 is 20.9 Å². The number of benzene rings is 1. The molecule has 1 aliphatic rings. The van der Waals surface area contributed by atoms with Crippen LogP contribution in [0.1, 0.15) is 48.7 Å². The third-order valence-electron chi connectivity index (χ3n) is 5.13. The lowest BCUT2D eigenvalue weighted by Gasteiger charge is -2.22. The summed E-state index contributed by atoms with van der Waals surface area (Å²) < 4.78 is 45.2. The van der Waals surface area contributed by atoms with Crippen molar-refractivity contribution >= 4 is 15.7 Å². The first-order valence-corrected chi connectivity index (χ1v) is 10.8. The maximum Gasteiger partial charge on any atom is 0.223 e. The Kier molecular flexibility index (Phi) is 5.99. The molecule has 1 N–H and O–H groups in total. The third-order valence-corrected chi connectivity index (χ3v) is 7.19. The normalized spacial score (nSPS) is 16.8. The number of hydrogen-bond donors (Lipinski definition) is 1. The van der Waals surface area contributed by atoms with Crippen LogP contribution < -0.4 is 5.32 Å². The molecule has 1 aromatic carbocycles. The smallest absolute Gasteiger partial charge is 0.223 e. The van der Waals surface area contributed by atoms with Crippen molar-refractivity contribution in [2.24, 2.45) is 5.92 Å². The predicted molar refractivity (Wildman–Crippen MR) is 99.4 cm³/mol. The number of nitrogens with one attached hydrogen (secondary N) is 1. The van der Waals surface area contributed by atoms with E-state index in [1.165, 1.54) is 25.3 Å². The van der Waals surface area contributed by atoms with Crippen LogP contribution in [-0.2, 0) is 14.6 Å². The number of furan rings is 1. The molecular weight excluding hydrogens is 369 g/mol.